The number of anilines is 1. The van der Waals surface area contributed by atoms with Crippen LogP contribution >= 0.6 is 23.7 Å². The molecule has 1 aliphatic heterocycles. The number of nitrogens with zero attached hydrogens (tertiary/aromatic N) is 5. The molecule has 0 aliphatic carbocycles. The summed E-state index contributed by atoms with van der Waals surface area (Å²) in [6.07, 6.45) is 3.57. The third kappa shape index (κ3) is 2.63. The van der Waals surface area contributed by atoms with Crippen molar-refractivity contribution in [2.75, 3.05) is 31.1 Å². The van der Waals surface area contributed by atoms with Crippen LogP contribution in [-0.2, 0) is 7.05 Å². The quantitative estimate of drug-likeness (QED) is 0.884. The molecule has 0 radical (unpaired) electrons. The first-order valence-electron chi connectivity index (χ1n) is 5.60. The average Bonchev–Trinajstić information content (AvgIpc) is 2.98. The Morgan fingerprint density at radius 2 is 2.06 bits per heavy atom. The highest BCUT2D eigenvalue weighted by atomic mass is 35.5. The number of rotatable bonds is 2. The van der Waals surface area contributed by atoms with Gasteiger partial charge in [0.1, 0.15) is 6.33 Å². The lowest BCUT2D eigenvalue weighted by Gasteiger charge is -2.26. The first kappa shape index (κ1) is 13.3. The summed E-state index contributed by atoms with van der Waals surface area (Å²) in [5.74, 6) is 0.756. The smallest absolute Gasteiger partial charge is 0.192 e. The molecule has 0 aromatic carbocycles. The molecule has 0 amide bonds. The molecule has 0 unspecified atom stereocenters. The highest BCUT2D eigenvalue weighted by Crippen LogP contribution is 2.28. The summed E-state index contributed by atoms with van der Waals surface area (Å²) in [6, 6.07) is 0. The van der Waals surface area contributed by atoms with Crippen molar-refractivity contribution >= 4 is 28.9 Å². The van der Waals surface area contributed by atoms with Crippen LogP contribution in [-0.4, -0.2) is 45.9 Å². The molecule has 1 aliphatic rings. The summed E-state index contributed by atoms with van der Waals surface area (Å²) in [6.45, 7) is 4.08. The zero-order valence-electron chi connectivity index (χ0n) is 10.0. The van der Waals surface area contributed by atoms with Gasteiger partial charge in [0, 0.05) is 33.2 Å². The number of aryl methyl sites for hydroxylation is 1. The lowest BCUT2D eigenvalue weighted by atomic mass is 10.4. The van der Waals surface area contributed by atoms with Crippen molar-refractivity contribution in [1.29, 1.82) is 0 Å². The van der Waals surface area contributed by atoms with Gasteiger partial charge in [0.2, 0.25) is 0 Å². The Morgan fingerprint density at radius 1 is 1.28 bits per heavy atom. The van der Waals surface area contributed by atoms with Gasteiger partial charge < -0.3 is 10.2 Å². The Kier molecular flexibility index (Phi) is 4.15. The van der Waals surface area contributed by atoms with Crippen molar-refractivity contribution in [3.63, 3.8) is 0 Å². The number of thiazole rings is 1. The van der Waals surface area contributed by atoms with E-state index in [4.69, 9.17) is 0 Å². The van der Waals surface area contributed by atoms with Crippen molar-refractivity contribution in [1.82, 2.24) is 25.1 Å². The molecule has 98 valence electrons. The predicted molar refractivity (Wildman–Crippen MR) is 74.4 cm³/mol. The van der Waals surface area contributed by atoms with Crippen LogP contribution in [0.5, 0.6) is 0 Å². The minimum Gasteiger partial charge on any atom is -0.346 e. The van der Waals surface area contributed by atoms with Gasteiger partial charge in [0.25, 0.3) is 0 Å². The molecular weight excluding hydrogens is 272 g/mol. The molecule has 2 aromatic rings. The van der Waals surface area contributed by atoms with Crippen LogP contribution in [0.15, 0.2) is 12.5 Å². The molecule has 0 bridgehead atoms. The van der Waals surface area contributed by atoms with Crippen LogP contribution in [0.1, 0.15) is 0 Å². The molecular formula is C10H15ClN6S. The predicted octanol–water partition coefficient (Wildman–Crippen LogP) is 0.770. The van der Waals surface area contributed by atoms with Crippen LogP contribution < -0.4 is 10.2 Å². The van der Waals surface area contributed by atoms with E-state index in [1.165, 1.54) is 0 Å². The van der Waals surface area contributed by atoms with E-state index in [1.807, 2.05) is 13.2 Å². The standard InChI is InChI=1S/C10H14N6S.ClH/c1-15-7-13-9(14-15)8-6-12-10(17-8)16-4-2-11-3-5-16;/h6-7,11H,2-5H2,1H3;1H. The van der Waals surface area contributed by atoms with Crippen molar-refractivity contribution in [2.24, 2.45) is 7.05 Å². The summed E-state index contributed by atoms with van der Waals surface area (Å²) in [5, 5.41) is 8.68. The van der Waals surface area contributed by atoms with Crippen molar-refractivity contribution in [3.8, 4) is 10.7 Å². The summed E-state index contributed by atoms with van der Waals surface area (Å²) < 4.78 is 1.71. The van der Waals surface area contributed by atoms with Gasteiger partial charge in [0.05, 0.1) is 11.1 Å². The van der Waals surface area contributed by atoms with E-state index in [9.17, 15) is 0 Å². The maximum absolute atomic E-state index is 4.45. The second-order valence-electron chi connectivity index (χ2n) is 3.99. The van der Waals surface area contributed by atoms with E-state index in [-0.39, 0.29) is 12.4 Å². The van der Waals surface area contributed by atoms with Crippen LogP contribution in [0, 0.1) is 0 Å². The Hall–Kier alpha value is -1.18. The Bertz CT molecular complexity index is 504. The van der Waals surface area contributed by atoms with E-state index < -0.39 is 0 Å². The molecule has 0 spiro atoms. The minimum atomic E-state index is 0. The van der Waals surface area contributed by atoms with Gasteiger partial charge in [-0.15, -0.1) is 12.4 Å². The van der Waals surface area contributed by atoms with E-state index in [0.717, 1.165) is 42.0 Å². The fourth-order valence-electron chi connectivity index (χ4n) is 1.82. The molecule has 0 atom stereocenters. The van der Waals surface area contributed by atoms with Gasteiger partial charge in [-0.1, -0.05) is 11.3 Å². The number of nitrogens with one attached hydrogen (secondary N) is 1. The summed E-state index contributed by atoms with van der Waals surface area (Å²) >= 11 is 1.65. The molecule has 1 saturated heterocycles. The molecule has 3 heterocycles. The van der Waals surface area contributed by atoms with Gasteiger partial charge in [-0.25, -0.2) is 9.97 Å². The zero-order chi connectivity index (χ0) is 11.7. The topological polar surface area (TPSA) is 58.9 Å². The minimum absolute atomic E-state index is 0. The van der Waals surface area contributed by atoms with Gasteiger partial charge in [-0.3, -0.25) is 4.68 Å². The molecule has 8 heteroatoms. The third-order valence-corrected chi connectivity index (χ3v) is 3.76. The lowest BCUT2D eigenvalue weighted by molar-refractivity contribution is 0.588. The van der Waals surface area contributed by atoms with Gasteiger partial charge in [-0.05, 0) is 0 Å². The molecule has 0 saturated carbocycles. The maximum Gasteiger partial charge on any atom is 0.192 e. The molecule has 1 N–H and O–H groups in total. The fourth-order valence-corrected chi connectivity index (χ4v) is 2.73. The highest BCUT2D eigenvalue weighted by Gasteiger charge is 2.15. The Balaban J connectivity index is 0.00000120. The van der Waals surface area contributed by atoms with E-state index in [1.54, 1.807) is 22.3 Å². The average molecular weight is 287 g/mol. The van der Waals surface area contributed by atoms with E-state index in [0.29, 0.717) is 0 Å². The van der Waals surface area contributed by atoms with Crippen LogP contribution in [0.3, 0.4) is 0 Å². The fraction of sp³-hybridized carbons (Fsp3) is 0.500. The second kappa shape index (κ2) is 5.64. The second-order valence-corrected chi connectivity index (χ2v) is 5.00. The number of hydrogen-bond acceptors (Lipinski definition) is 6. The molecule has 18 heavy (non-hydrogen) atoms. The van der Waals surface area contributed by atoms with E-state index >= 15 is 0 Å². The summed E-state index contributed by atoms with van der Waals surface area (Å²) in [7, 11) is 1.87. The molecule has 1 fully saturated rings. The SMILES string of the molecule is Cl.Cn1cnc(-c2cnc(N3CCNCC3)s2)n1. The number of aromatic nitrogens is 4. The molecule has 6 nitrogen and oxygen atoms in total. The van der Waals surface area contributed by atoms with E-state index in [2.05, 4.69) is 25.3 Å². The van der Waals surface area contributed by atoms with Crippen molar-refractivity contribution in [3.05, 3.63) is 12.5 Å². The lowest BCUT2D eigenvalue weighted by Crippen LogP contribution is -2.43. The zero-order valence-corrected chi connectivity index (χ0v) is 11.7. The van der Waals surface area contributed by atoms with Crippen LogP contribution in [0.2, 0.25) is 0 Å². The number of piperazine rings is 1. The van der Waals surface area contributed by atoms with Gasteiger partial charge in [-0.2, -0.15) is 5.10 Å². The van der Waals surface area contributed by atoms with Gasteiger partial charge in [0.15, 0.2) is 11.0 Å². The van der Waals surface area contributed by atoms with Crippen molar-refractivity contribution < 1.29 is 0 Å². The van der Waals surface area contributed by atoms with Crippen LogP contribution in [0.4, 0.5) is 5.13 Å². The Morgan fingerprint density at radius 3 is 2.72 bits per heavy atom. The molecule has 2 aromatic heterocycles. The van der Waals surface area contributed by atoms with Crippen molar-refractivity contribution in [2.45, 2.75) is 0 Å². The summed E-state index contributed by atoms with van der Waals surface area (Å²) in [5.41, 5.74) is 0. The number of halogens is 1. The highest BCUT2D eigenvalue weighted by molar-refractivity contribution is 7.18. The normalized spacial score (nSPS) is 15.5. The number of hydrogen-bond donors (Lipinski definition) is 1. The maximum atomic E-state index is 4.45. The third-order valence-electron chi connectivity index (χ3n) is 2.70. The monoisotopic (exact) mass is 286 g/mol. The van der Waals surface area contributed by atoms with Crippen LogP contribution in [0.25, 0.3) is 10.7 Å². The molecule has 3 rings (SSSR count). The first-order chi connectivity index (χ1) is 8.33. The first-order valence-corrected chi connectivity index (χ1v) is 6.42. The Labute approximate surface area is 115 Å². The van der Waals surface area contributed by atoms with Gasteiger partial charge >= 0.3 is 0 Å². The summed E-state index contributed by atoms with van der Waals surface area (Å²) in [4.78, 5) is 12.0. The largest absolute Gasteiger partial charge is 0.346 e.